The van der Waals surface area contributed by atoms with Crippen LogP contribution >= 0.6 is 0 Å². The average Bonchev–Trinajstić information content (AvgIpc) is 2.67. The van der Waals surface area contributed by atoms with Crippen molar-refractivity contribution >= 4 is 6.29 Å². The quantitative estimate of drug-likeness (QED) is 0.641. The van der Waals surface area contributed by atoms with Crippen molar-refractivity contribution in [2.24, 2.45) is 0 Å². The zero-order valence-corrected chi connectivity index (χ0v) is 14.1. The van der Waals surface area contributed by atoms with E-state index < -0.39 is 0 Å². The summed E-state index contributed by atoms with van der Waals surface area (Å²) in [5, 5.41) is 0. The van der Waals surface area contributed by atoms with Crippen molar-refractivity contribution < 1.29 is 14.3 Å². The lowest BCUT2D eigenvalue weighted by molar-refractivity contribution is 0.111. The fourth-order valence-corrected chi connectivity index (χ4v) is 2.59. The second kappa shape index (κ2) is 7.57. The molecule has 3 rings (SSSR count). The number of carbonyl (C=O) groups is 1. The van der Waals surface area contributed by atoms with Gasteiger partial charge in [0, 0.05) is 6.20 Å². The van der Waals surface area contributed by atoms with Crippen LogP contribution in [-0.4, -0.2) is 23.4 Å². The molecule has 3 aromatic rings. The van der Waals surface area contributed by atoms with Crippen molar-refractivity contribution in [3.63, 3.8) is 0 Å². The Morgan fingerprint density at radius 1 is 1.08 bits per heavy atom. The normalized spacial score (nSPS) is 10.3. The third kappa shape index (κ3) is 3.66. The predicted molar refractivity (Wildman–Crippen MR) is 94.9 cm³/mol. The monoisotopic (exact) mass is 334 g/mol. The van der Waals surface area contributed by atoms with Gasteiger partial charge in [-0.1, -0.05) is 48.5 Å². The molecular formula is C20H18N2O3. The standard InChI is InChI=1S/C20H18N2O3/c1-14-16(9-6-10-18(14)15-7-4-3-5-8-15)13-25-20-21-11-17(12-23)19(22-20)24-2/h3-12H,13H2,1-2H3. The Labute approximate surface area is 146 Å². The van der Waals surface area contributed by atoms with E-state index in [1.165, 1.54) is 13.3 Å². The van der Waals surface area contributed by atoms with E-state index >= 15 is 0 Å². The summed E-state index contributed by atoms with van der Waals surface area (Å²) in [6.45, 7) is 2.40. The molecule has 0 amide bonds. The van der Waals surface area contributed by atoms with E-state index in [1.807, 2.05) is 30.3 Å². The summed E-state index contributed by atoms with van der Waals surface area (Å²) in [7, 11) is 1.45. The van der Waals surface area contributed by atoms with Crippen LogP contribution < -0.4 is 9.47 Å². The summed E-state index contributed by atoms with van der Waals surface area (Å²) < 4.78 is 10.8. The van der Waals surface area contributed by atoms with Gasteiger partial charge in [-0.05, 0) is 29.2 Å². The van der Waals surface area contributed by atoms with Crippen molar-refractivity contribution in [3.05, 3.63) is 71.4 Å². The molecule has 25 heavy (non-hydrogen) atoms. The lowest BCUT2D eigenvalue weighted by Gasteiger charge is -2.12. The molecule has 0 aliphatic rings. The summed E-state index contributed by atoms with van der Waals surface area (Å²) in [5.74, 6) is 0.203. The van der Waals surface area contributed by atoms with Crippen molar-refractivity contribution in [2.75, 3.05) is 7.11 Å². The fourth-order valence-electron chi connectivity index (χ4n) is 2.59. The first-order chi connectivity index (χ1) is 12.2. The maximum absolute atomic E-state index is 10.9. The minimum Gasteiger partial charge on any atom is -0.480 e. The maximum Gasteiger partial charge on any atom is 0.320 e. The number of hydrogen-bond donors (Lipinski definition) is 0. The van der Waals surface area contributed by atoms with Gasteiger partial charge in [0.1, 0.15) is 6.61 Å². The molecule has 2 aromatic carbocycles. The Hall–Kier alpha value is -3.21. The van der Waals surface area contributed by atoms with Gasteiger partial charge in [-0.2, -0.15) is 4.98 Å². The molecule has 0 radical (unpaired) electrons. The number of aldehydes is 1. The minimum absolute atomic E-state index is 0.173. The summed E-state index contributed by atoms with van der Waals surface area (Å²) >= 11 is 0. The molecule has 126 valence electrons. The van der Waals surface area contributed by atoms with E-state index in [1.54, 1.807) is 0 Å². The third-order valence-electron chi connectivity index (χ3n) is 3.97. The Morgan fingerprint density at radius 2 is 1.88 bits per heavy atom. The number of methoxy groups -OCH3 is 1. The van der Waals surface area contributed by atoms with Gasteiger partial charge < -0.3 is 9.47 Å². The van der Waals surface area contributed by atoms with Crippen molar-refractivity contribution in [1.29, 1.82) is 0 Å². The van der Waals surface area contributed by atoms with Crippen LogP contribution in [0.25, 0.3) is 11.1 Å². The van der Waals surface area contributed by atoms with Crippen LogP contribution in [0, 0.1) is 6.92 Å². The molecule has 0 spiro atoms. The van der Waals surface area contributed by atoms with Gasteiger partial charge in [-0.25, -0.2) is 4.98 Å². The lowest BCUT2D eigenvalue weighted by Crippen LogP contribution is -2.04. The number of carbonyl (C=O) groups excluding carboxylic acids is 1. The van der Waals surface area contributed by atoms with Gasteiger partial charge in [-0.15, -0.1) is 0 Å². The summed E-state index contributed by atoms with van der Waals surface area (Å²) in [5.41, 5.74) is 4.80. The lowest BCUT2D eigenvalue weighted by atomic mass is 9.97. The molecular weight excluding hydrogens is 316 g/mol. The summed E-state index contributed by atoms with van der Waals surface area (Å²) in [4.78, 5) is 19.0. The topological polar surface area (TPSA) is 61.3 Å². The molecule has 0 aliphatic heterocycles. The number of nitrogens with zero attached hydrogens (tertiary/aromatic N) is 2. The van der Waals surface area contributed by atoms with E-state index in [9.17, 15) is 4.79 Å². The van der Waals surface area contributed by atoms with E-state index in [0.29, 0.717) is 12.9 Å². The van der Waals surface area contributed by atoms with Crippen molar-refractivity contribution in [3.8, 4) is 23.0 Å². The first-order valence-electron chi connectivity index (χ1n) is 7.86. The zero-order chi connectivity index (χ0) is 17.6. The van der Waals surface area contributed by atoms with Crippen LogP contribution in [-0.2, 0) is 6.61 Å². The summed E-state index contributed by atoms with van der Waals surface area (Å²) in [6.07, 6.45) is 2.04. The number of hydrogen-bond acceptors (Lipinski definition) is 5. The highest BCUT2D eigenvalue weighted by molar-refractivity contribution is 5.77. The van der Waals surface area contributed by atoms with Crippen LogP contribution in [0.3, 0.4) is 0 Å². The number of rotatable bonds is 6. The Bertz CT molecular complexity index is 879. The zero-order valence-electron chi connectivity index (χ0n) is 14.1. The Morgan fingerprint density at radius 3 is 2.60 bits per heavy atom. The molecule has 5 heteroatoms. The smallest absolute Gasteiger partial charge is 0.320 e. The summed E-state index contributed by atoms with van der Waals surface area (Å²) in [6, 6.07) is 16.5. The van der Waals surface area contributed by atoms with Gasteiger partial charge in [0.25, 0.3) is 0 Å². The molecule has 5 nitrogen and oxygen atoms in total. The highest BCUT2D eigenvalue weighted by Crippen LogP contribution is 2.26. The molecule has 1 heterocycles. The Balaban J connectivity index is 1.81. The molecule has 0 aliphatic carbocycles. The molecule has 0 atom stereocenters. The number of aromatic nitrogens is 2. The van der Waals surface area contributed by atoms with Gasteiger partial charge >= 0.3 is 6.01 Å². The second-order valence-corrected chi connectivity index (χ2v) is 5.48. The van der Waals surface area contributed by atoms with E-state index in [0.717, 1.165) is 22.3 Å². The molecule has 0 unspecified atom stereocenters. The van der Waals surface area contributed by atoms with E-state index in [-0.39, 0.29) is 17.5 Å². The third-order valence-corrected chi connectivity index (χ3v) is 3.97. The van der Waals surface area contributed by atoms with Crippen molar-refractivity contribution in [2.45, 2.75) is 13.5 Å². The average molecular weight is 334 g/mol. The highest BCUT2D eigenvalue weighted by Gasteiger charge is 2.10. The molecule has 1 aromatic heterocycles. The van der Waals surface area contributed by atoms with Crippen LogP contribution in [0.15, 0.2) is 54.7 Å². The van der Waals surface area contributed by atoms with Crippen molar-refractivity contribution in [1.82, 2.24) is 9.97 Å². The van der Waals surface area contributed by atoms with Gasteiger partial charge in [0.2, 0.25) is 5.88 Å². The first kappa shape index (κ1) is 16.6. The fraction of sp³-hybridized carbons (Fsp3) is 0.150. The Kier molecular flexibility index (Phi) is 5.04. The van der Waals surface area contributed by atoms with Gasteiger partial charge in [-0.3, -0.25) is 4.79 Å². The minimum atomic E-state index is 0.173. The number of ether oxygens (including phenoxy) is 2. The first-order valence-corrected chi connectivity index (χ1v) is 7.86. The second-order valence-electron chi connectivity index (χ2n) is 5.48. The molecule has 0 saturated heterocycles. The van der Waals surface area contributed by atoms with Gasteiger partial charge in [0.15, 0.2) is 6.29 Å². The van der Waals surface area contributed by atoms with E-state index in [2.05, 4.69) is 35.1 Å². The van der Waals surface area contributed by atoms with Crippen LogP contribution in [0.1, 0.15) is 21.5 Å². The van der Waals surface area contributed by atoms with Crippen LogP contribution in [0.5, 0.6) is 11.9 Å². The SMILES string of the molecule is COc1nc(OCc2cccc(-c3ccccc3)c2C)ncc1C=O. The molecule has 0 bridgehead atoms. The van der Waals surface area contributed by atoms with Crippen LogP contribution in [0.2, 0.25) is 0 Å². The van der Waals surface area contributed by atoms with Crippen LogP contribution in [0.4, 0.5) is 0 Å². The maximum atomic E-state index is 10.9. The number of benzene rings is 2. The van der Waals surface area contributed by atoms with Gasteiger partial charge in [0.05, 0.1) is 12.7 Å². The largest absolute Gasteiger partial charge is 0.480 e. The molecule has 0 fully saturated rings. The van der Waals surface area contributed by atoms with E-state index in [4.69, 9.17) is 9.47 Å². The molecule has 0 saturated carbocycles. The predicted octanol–water partition coefficient (Wildman–Crippen LogP) is 3.85. The highest BCUT2D eigenvalue weighted by atomic mass is 16.5. The molecule has 0 N–H and O–H groups in total.